The van der Waals surface area contributed by atoms with Gasteiger partial charge in [-0.3, -0.25) is 4.79 Å². The lowest BCUT2D eigenvalue weighted by atomic mass is 9.97. The largest absolute Gasteiger partial charge is 0.494 e. The van der Waals surface area contributed by atoms with E-state index in [0.29, 0.717) is 23.5 Å². The van der Waals surface area contributed by atoms with Gasteiger partial charge < -0.3 is 15.9 Å². The van der Waals surface area contributed by atoms with Crippen LogP contribution in [0, 0.1) is 0 Å². The third-order valence-electron chi connectivity index (χ3n) is 4.80. The van der Waals surface area contributed by atoms with Crippen LogP contribution in [0.3, 0.4) is 0 Å². The first-order valence-corrected chi connectivity index (χ1v) is 11.0. The summed E-state index contributed by atoms with van der Waals surface area (Å²) < 4.78 is 6.86. The number of carbonyl (C=O) groups is 1. The zero-order chi connectivity index (χ0) is 21.5. The van der Waals surface area contributed by atoms with Crippen LogP contribution in [0.4, 0.5) is 5.69 Å². The Kier molecular flexibility index (Phi) is 7.35. The molecule has 0 radical (unpaired) electrons. The lowest BCUT2D eigenvalue weighted by Crippen LogP contribution is -2.17. The van der Waals surface area contributed by atoms with Crippen LogP contribution in [0.15, 0.2) is 53.7 Å². The Labute approximate surface area is 181 Å². The number of nitrogens with two attached hydrogens (primary N) is 1. The second-order valence-electron chi connectivity index (χ2n) is 6.87. The molecule has 0 aliphatic rings. The maximum atomic E-state index is 12.5. The van der Waals surface area contributed by atoms with Crippen molar-refractivity contribution in [2.24, 2.45) is 0 Å². The Hall–Kier alpha value is -3.00. The van der Waals surface area contributed by atoms with Crippen LogP contribution in [0.1, 0.15) is 38.7 Å². The van der Waals surface area contributed by atoms with Crippen molar-refractivity contribution in [2.75, 3.05) is 23.5 Å². The van der Waals surface area contributed by atoms with E-state index in [4.69, 9.17) is 10.6 Å². The van der Waals surface area contributed by atoms with Gasteiger partial charge in [0.25, 0.3) is 0 Å². The molecule has 0 aliphatic heterocycles. The fourth-order valence-corrected chi connectivity index (χ4v) is 3.67. The van der Waals surface area contributed by atoms with E-state index in [1.807, 2.05) is 49.4 Å². The summed E-state index contributed by atoms with van der Waals surface area (Å²) in [7, 11) is 0. The Morgan fingerprint density at radius 1 is 1.17 bits per heavy atom. The maximum Gasteiger partial charge on any atom is 0.234 e. The van der Waals surface area contributed by atoms with Gasteiger partial charge in [0.15, 0.2) is 5.82 Å². The number of nitrogens with zero attached hydrogens (tertiary/aromatic N) is 3. The number of nitrogen functional groups attached to an aromatic ring is 1. The van der Waals surface area contributed by atoms with Gasteiger partial charge in [-0.25, -0.2) is 4.68 Å². The highest BCUT2D eigenvalue weighted by molar-refractivity contribution is 7.99. The van der Waals surface area contributed by atoms with Crippen LogP contribution in [-0.2, 0) is 4.79 Å². The van der Waals surface area contributed by atoms with Crippen LogP contribution >= 0.6 is 11.8 Å². The summed E-state index contributed by atoms with van der Waals surface area (Å²) in [6, 6.07) is 15.4. The van der Waals surface area contributed by atoms with Gasteiger partial charge in [-0.2, -0.15) is 0 Å². The minimum Gasteiger partial charge on any atom is -0.494 e. The van der Waals surface area contributed by atoms with Gasteiger partial charge in [-0.15, -0.1) is 10.2 Å². The van der Waals surface area contributed by atoms with Gasteiger partial charge in [0.2, 0.25) is 11.1 Å². The van der Waals surface area contributed by atoms with E-state index < -0.39 is 0 Å². The first kappa shape index (κ1) is 21.7. The Bertz CT molecular complexity index is 987. The van der Waals surface area contributed by atoms with E-state index in [2.05, 4.69) is 35.4 Å². The number of nitrogens with one attached hydrogen (secondary N) is 1. The lowest BCUT2D eigenvalue weighted by molar-refractivity contribution is -0.113. The topological polar surface area (TPSA) is 95.1 Å². The van der Waals surface area contributed by atoms with Gasteiger partial charge in [-0.1, -0.05) is 43.8 Å². The number of benzene rings is 2. The number of anilines is 1. The quantitative estimate of drug-likeness (QED) is 0.392. The van der Waals surface area contributed by atoms with Crippen molar-refractivity contribution < 1.29 is 9.53 Å². The van der Waals surface area contributed by atoms with E-state index >= 15 is 0 Å². The Balaban J connectivity index is 1.64. The van der Waals surface area contributed by atoms with E-state index in [1.165, 1.54) is 16.4 Å². The number of hydrogen-bond donors (Lipinski definition) is 2. The first-order chi connectivity index (χ1) is 14.5. The number of carbonyl (C=O) groups excluding carboxylic acids is 1. The molecule has 2 aromatic carbocycles. The number of aromatic nitrogens is 3. The first-order valence-electron chi connectivity index (χ1n) is 9.98. The zero-order valence-corrected chi connectivity index (χ0v) is 18.3. The van der Waals surface area contributed by atoms with Gasteiger partial charge in [0.1, 0.15) is 5.75 Å². The van der Waals surface area contributed by atoms with Crippen LogP contribution in [0.5, 0.6) is 5.75 Å². The van der Waals surface area contributed by atoms with Crippen LogP contribution in [0.25, 0.3) is 11.4 Å². The second-order valence-corrected chi connectivity index (χ2v) is 7.81. The third kappa shape index (κ3) is 5.13. The molecule has 1 amide bonds. The molecule has 3 rings (SSSR count). The van der Waals surface area contributed by atoms with E-state index in [9.17, 15) is 4.79 Å². The average Bonchev–Trinajstić information content (AvgIpc) is 3.13. The minimum atomic E-state index is -0.110. The van der Waals surface area contributed by atoms with Crippen LogP contribution < -0.4 is 15.9 Å². The number of hydrogen-bond acceptors (Lipinski definition) is 6. The highest BCUT2D eigenvalue weighted by Crippen LogP contribution is 2.27. The molecule has 0 spiro atoms. The predicted molar refractivity (Wildman–Crippen MR) is 121 cm³/mol. The molecule has 0 unspecified atom stereocenters. The molecule has 158 valence electrons. The van der Waals surface area contributed by atoms with Gasteiger partial charge >= 0.3 is 0 Å². The summed E-state index contributed by atoms with van der Waals surface area (Å²) in [5.41, 5.74) is 2.81. The van der Waals surface area contributed by atoms with Crippen molar-refractivity contribution in [1.29, 1.82) is 0 Å². The van der Waals surface area contributed by atoms with Crippen molar-refractivity contribution in [1.82, 2.24) is 14.9 Å². The zero-order valence-electron chi connectivity index (χ0n) is 17.5. The monoisotopic (exact) mass is 425 g/mol. The molecule has 3 N–H and O–H groups in total. The summed E-state index contributed by atoms with van der Waals surface area (Å²) in [6.07, 6.45) is 1.01. The fourth-order valence-electron chi connectivity index (χ4n) is 3.02. The molecule has 1 aromatic heterocycles. The van der Waals surface area contributed by atoms with Crippen LogP contribution in [-0.4, -0.2) is 33.1 Å². The molecule has 0 fully saturated rings. The van der Waals surface area contributed by atoms with Gasteiger partial charge in [-0.05, 0) is 55.2 Å². The molecule has 1 heterocycles. The number of rotatable bonds is 9. The van der Waals surface area contributed by atoms with Crippen molar-refractivity contribution in [3.63, 3.8) is 0 Å². The molecule has 1 atom stereocenters. The van der Waals surface area contributed by atoms with Crippen molar-refractivity contribution in [3.05, 3.63) is 54.1 Å². The van der Waals surface area contributed by atoms with Crippen molar-refractivity contribution >= 4 is 23.4 Å². The molecule has 8 heteroatoms. The summed E-state index contributed by atoms with van der Waals surface area (Å²) >= 11 is 1.25. The Morgan fingerprint density at radius 3 is 2.60 bits per heavy atom. The molecule has 0 saturated carbocycles. The molecule has 0 saturated heterocycles. The average molecular weight is 426 g/mol. The molecular formula is C22H27N5O2S. The van der Waals surface area contributed by atoms with E-state index in [1.54, 1.807) is 0 Å². The fraction of sp³-hybridized carbons (Fsp3) is 0.318. The SMILES string of the molecule is CCOc1ccc(-c2nnc(SCC(=O)Nc3ccccc3[C@H](C)CC)n2N)cc1. The summed E-state index contributed by atoms with van der Waals surface area (Å²) in [5, 5.41) is 11.8. The highest BCUT2D eigenvalue weighted by atomic mass is 32.2. The molecule has 30 heavy (non-hydrogen) atoms. The Morgan fingerprint density at radius 2 is 1.90 bits per heavy atom. The van der Waals surface area contributed by atoms with E-state index in [-0.39, 0.29) is 11.7 Å². The predicted octanol–water partition coefficient (Wildman–Crippen LogP) is 4.30. The van der Waals surface area contributed by atoms with Gasteiger partial charge in [0.05, 0.1) is 12.4 Å². The number of amides is 1. The molecule has 0 bridgehead atoms. The number of ether oxygens (including phenoxy) is 1. The lowest BCUT2D eigenvalue weighted by Gasteiger charge is -2.15. The standard InChI is InChI=1S/C22H27N5O2S/c1-4-15(3)18-8-6-7-9-19(18)24-20(28)14-30-22-26-25-21(27(22)23)16-10-12-17(13-11-16)29-5-2/h6-13,15H,4-5,14,23H2,1-3H3,(H,24,28)/t15-/m1/s1. The normalized spacial score (nSPS) is 11.8. The third-order valence-corrected chi connectivity index (χ3v) is 5.74. The second kappa shape index (κ2) is 10.2. The molecule has 3 aromatic rings. The number of para-hydroxylation sites is 1. The van der Waals surface area contributed by atoms with Crippen molar-refractivity contribution in [2.45, 2.75) is 38.3 Å². The highest BCUT2D eigenvalue weighted by Gasteiger charge is 2.15. The summed E-state index contributed by atoms with van der Waals surface area (Å²) in [6.45, 7) is 6.83. The van der Waals surface area contributed by atoms with Crippen LogP contribution in [0.2, 0.25) is 0 Å². The summed E-state index contributed by atoms with van der Waals surface area (Å²) in [5.74, 6) is 7.93. The van der Waals surface area contributed by atoms with E-state index in [0.717, 1.165) is 29.0 Å². The minimum absolute atomic E-state index is 0.110. The molecule has 0 aliphatic carbocycles. The smallest absolute Gasteiger partial charge is 0.234 e. The molecular weight excluding hydrogens is 398 g/mol. The van der Waals surface area contributed by atoms with Crippen molar-refractivity contribution in [3.8, 4) is 17.1 Å². The maximum absolute atomic E-state index is 12.5. The number of thioether (sulfide) groups is 1. The molecule has 7 nitrogen and oxygen atoms in total. The van der Waals surface area contributed by atoms with Gasteiger partial charge in [0, 0.05) is 11.3 Å². The summed E-state index contributed by atoms with van der Waals surface area (Å²) in [4.78, 5) is 12.5.